The van der Waals surface area contributed by atoms with E-state index in [4.69, 9.17) is 4.74 Å². The molecule has 0 heterocycles. The molecule has 0 spiro atoms. The molecular weight excluding hydrogens is 338 g/mol. The van der Waals surface area contributed by atoms with E-state index >= 15 is 0 Å². The Balaban J connectivity index is 1.95. The summed E-state index contributed by atoms with van der Waals surface area (Å²) in [6.07, 6.45) is 5.51. The third-order valence-electron chi connectivity index (χ3n) is 5.27. The van der Waals surface area contributed by atoms with Crippen molar-refractivity contribution < 1.29 is 14.3 Å². The first-order valence-electron chi connectivity index (χ1n) is 9.68. The minimum Gasteiger partial charge on any atom is -0.467 e. The van der Waals surface area contributed by atoms with Gasteiger partial charge in [0.05, 0.1) is 13.5 Å². The molecule has 0 radical (unpaired) electrons. The lowest BCUT2D eigenvalue weighted by Gasteiger charge is -2.39. The summed E-state index contributed by atoms with van der Waals surface area (Å²) < 4.78 is 5.11. The van der Waals surface area contributed by atoms with E-state index < -0.39 is 6.04 Å². The van der Waals surface area contributed by atoms with Crippen molar-refractivity contribution in [1.29, 1.82) is 0 Å². The number of hydrogen-bond donors (Lipinski definition) is 0. The smallest absolute Gasteiger partial charge is 0.333 e. The number of nitrogens with zero attached hydrogens (tertiary/aromatic N) is 1. The first kappa shape index (κ1) is 19.2. The Bertz CT molecular complexity index is 739. The van der Waals surface area contributed by atoms with Crippen molar-refractivity contribution in [2.24, 2.45) is 0 Å². The number of methoxy groups -OCH3 is 1. The van der Waals surface area contributed by atoms with E-state index in [-0.39, 0.29) is 24.3 Å². The van der Waals surface area contributed by atoms with Crippen LogP contribution in [0.15, 0.2) is 60.7 Å². The molecule has 3 rings (SSSR count). The summed E-state index contributed by atoms with van der Waals surface area (Å²) in [5.41, 5.74) is 1.76. The molecule has 1 fully saturated rings. The summed E-state index contributed by atoms with van der Waals surface area (Å²) >= 11 is 0. The molecule has 1 amide bonds. The summed E-state index contributed by atoms with van der Waals surface area (Å²) in [6, 6.07) is 18.6. The van der Waals surface area contributed by atoms with Gasteiger partial charge in [0.25, 0.3) is 0 Å². The molecule has 0 aliphatic heterocycles. The number of carbonyl (C=O) groups excluding carboxylic acids is 2. The molecule has 4 nitrogen and oxygen atoms in total. The van der Waals surface area contributed by atoms with Crippen LogP contribution in [0.4, 0.5) is 0 Å². The van der Waals surface area contributed by atoms with Crippen molar-refractivity contribution in [3.63, 3.8) is 0 Å². The molecular formula is C23H27NO3. The average Bonchev–Trinajstić information content (AvgIpc) is 2.73. The highest BCUT2D eigenvalue weighted by atomic mass is 16.5. The van der Waals surface area contributed by atoms with Crippen molar-refractivity contribution in [2.75, 3.05) is 7.11 Å². The zero-order chi connectivity index (χ0) is 19.1. The fraction of sp³-hybridized carbons (Fsp3) is 0.391. The molecule has 0 N–H and O–H groups in total. The molecule has 0 bridgehead atoms. The molecule has 2 aromatic rings. The van der Waals surface area contributed by atoms with Crippen LogP contribution in [0, 0.1) is 0 Å². The third kappa shape index (κ3) is 4.76. The van der Waals surface area contributed by atoms with Crippen molar-refractivity contribution in [3.8, 4) is 0 Å². The molecule has 27 heavy (non-hydrogen) atoms. The summed E-state index contributed by atoms with van der Waals surface area (Å²) in [4.78, 5) is 27.9. The first-order chi connectivity index (χ1) is 13.2. The van der Waals surface area contributed by atoms with Crippen LogP contribution in [0.2, 0.25) is 0 Å². The molecule has 4 heteroatoms. The highest BCUT2D eigenvalue weighted by Crippen LogP contribution is 2.32. The van der Waals surface area contributed by atoms with Crippen molar-refractivity contribution in [3.05, 3.63) is 71.8 Å². The van der Waals surface area contributed by atoms with Gasteiger partial charge in [0, 0.05) is 6.04 Å². The number of rotatable bonds is 6. The average molecular weight is 365 g/mol. The quantitative estimate of drug-likeness (QED) is 0.717. The van der Waals surface area contributed by atoms with Crippen LogP contribution in [0.25, 0.3) is 0 Å². The number of amides is 1. The molecule has 1 aliphatic rings. The van der Waals surface area contributed by atoms with Gasteiger partial charge in [-0.3, -0.25) is 4.79 Å². The normalized spacial score (nSPS) is 15.7. The number of benzene rings is 2. The van der Waals surface area contributed by atoms with E-state index in [0.29, 0.717) is 0 Å². The maximum atomic E-state index is 13.4. The third-order valence-corrected chi connectivity index (χ3v) is 5.27. The van der Waals surface area contributed by atoms with Crippen LogP contribution in [-0.2, 0) is 20.7 Å². The molecule has 1 saturated carbocycles. The van der Waals surface area contributed by atoms with Gasteiger partial charge in [-0.05, 0) is 24.0 Å². The van der Waals surface area contributed by atoms with Crippen molar-refractivity contribution >= 4 is 11.9 Å². The maximum Gasteiger partial charge on any atom is 0.333 e. The number of esters is 1. The van der Waals surface area contributed by atoms with E-state index in [1.54, 1.807) is 4.90 Å². The van der Waals surface area contributed by atoms with E-state index in [9.17, 15) is 9.59 Å². The molecule has 142 valence electrons. The summed E-state index contributed by atoms with van der Waals surface area (Å²) in [5.74, 6) is -0.402. The van der Waals surface area contributed by atoms with Crippen LogP contribution >= 0.6 is 0 Å². The molecule has 1 atom stereocenters. The Morgan fingerprint density at radius 3 is 2.15 bits per heavy atom. The zero-order valence-corrected chi connectivity index (χ0v) is 15.8. The number of carbonyl (C=O) groups is 2. The molecule has 1 unspecified atom stereocenters. The van der Waals surface area contributed by atoms with Crippen LogP contribution in [0.3, 0.4) is 0 Å². The number of ether oxygens (including phenoxy) is 1. The summed E-state index contributed by atoms with van der Waals surface area (Å²) in [7, 11) is 1.39. The van der Waals surface area contributed by atoms with Gasteiger partial charge in [-0.25, -0.2) is 4.79 Å². The van der Waals surface area contributed by atoms with Gasteiger partial charge in [-0.1, -0.05) is 79.9 Å². The van der Waals surface area contributed by atoms with Gasteiger partial charge >= 0.3 is 5.97 Å². The van der Waals surface area contributed by atoms with E-state index in [1.165, 1.54) is 13.5 Å². The van der Waals surface area contributed by atoms with E-state index in [0.717, 1.165) is 36.8 Å². The minimum atomic E-state index is -0.699. The Hall–Kier alpha value is -2.62. The summed E-state index contributed by atoms with van der Waals surface area (Å²) in [5, 5.41) is 0. The van der Waals surface area contributed by atoms with Gasteiger partial charge in [0.1, 0.15) is 0 Å². The molecule has 1 aliphatic carbocycles. The predicted molar refractivity (Wildman–Crippen MR) is 105 cm³/mol. The Kier molecular flexibility index (Phi) is 6.64. The molecule has 2 aromatic carbocycles. The largest absolute Gasteiger partial charge is 0.467 e. The fourth-order valence-corrected chi connectivity index (χ4v) is 3.94. The molecule has 0 saturated heterocycles. The van der Waals surface area contributed by atoms with Crippen LogP contribution < -0.4 is 0 Å². The second kappa shape index (κ2) is 9.36. The van der Waals surface area contributed by atoms with Crippen LogP contribution in [0.5, 0.6) is 0 Å². The standard InChI is InChI=1S/C23H27NO3/c1-27-23(26)22(19-13-7-3-8-14-19)24(20-15-9-4-10-16-20)21(25)17-18-11-5-2-6-12-18/h2-3,5-8,11-14,20,22H,4,9-10,15-17H2,1H3. The Morgan fingerprint density at radius 1 is 0.963 bits per heavy atom. The van der Waals surface area contributed by atoms with Crippen molar-refractivity contribution in [1.82, 2.24) is 4.90 Å². The van der Waals surface area contributed by atoms with Gasteiger partial charge in [0.2, 0.25) is 5.91 Å². The van der Waals surface area contributed by atoms with Crippen LogP contribution in [-0.4, -0.2) is 29.9 Å². The zero-order valence-electron chi connectivity index (χ0n) is 15.8. The second-order valence-electron chi connectivity index (χ2n) is 7.09. The van der Waals surface area contributed by atoms with Crippen LogP contribution in [0.1, 0.15) is 49.3 Å². The van der Waals surface area contributed by atoms with Gasteiger partial charge in [0.15, 0.2) is 6.04 Å². The Labute approximate surface area is 161 Å². The van der Waals surface area contributed by atoms with E-state index in [2.05, 4.69) is 0 Å². The maximum absolute atomic E-state index is 13.4. The van der Waals surface area contributed by atoms with Gasteiger partial charge < -0.3 is 9.64 Å². The molecule has 0 aromatic heterocycles. The topological polar surface area (TPSA) is 46.6 Å². The summed E-state index contributed by atoms with van der Waals surface area (Å²) in [6.45, 7) is 0. The first-order valence-corrected chi connectivity index (χ1v) is 9.68. The lowest BCUT2D eigenvalue weighted by Crippen LogP contribution is -2.47. The SMILES string of the molecule is COC(=O)C(c1ccccc1)N(C(=O)Cc1ccccc1)C1CCCCC1. The monoisotopic (exact) mass is 365 g/mol. The minimum absolute atomic E-state index is 0.0210. The highest BCUT2D eigenvalue weighted by Gasteiger charge is 2.37. The number of hydrogen-bond acceptors (Lipinski definition) is 3. The van der Waals surface area contributed by atoms with Gasteiger partial charge in [-0.15, -0.1) is 0 Å². The van der Waals surface area contributed by atoms with Gasteiger partial charge in [-0.2, -0.15) is 0 Å². The lowest BCUT2D eigenvalue weighted by atomic mass is 9.91. The highest BCUT2D eigenvalue weighted by molar-refractivity contribution is 5.87. The fourth-order valence-electron chi connectivity index (χ4n) is 3.94. The van der Waals surface area contributed by atoms with E-state index in [1.807, 2.05) is 60.7 Å². The Morgan fingerprint density at radius 2 is 1.56 bits per heavy atom. The van der Waals surface area contributed by atoms with Crippen molar-refractivity contribution in [2.45, 2.75) is 50.6 Å². The predicted octanol–water partition coefficient (Wildman–Crippen LogP) is 4.30. The lowest BCUT2D eigenvalue weighted by molar-refractivity contribution is -0.155. The second-order valence-corrected chi connectivity index (χ2v) is 7.09.